The fraction of sp³-hybridized carbons (Fsp3) is 0.308. The molecule has 1 aromatic rings. The van der Waals surface area contributed by atoms with E-state index in [9.17, 15) is 4.79 Å². The van der Waals surface area contributed by atoms with Gasteiger partial charge in [-0.05, 0) is 12.5 Å². The highest BCUT2D eigenvalue weighted by molar-refractivity contribution is 6.31. The first-order valence-corrected chi connectivity index (χ1v) is 6.24. The second-order valence-corrected chi connectivity index (χ2v) is 4.82. The number of rotatable bonds is 2. The summed E-state index contributed by atoms with van der Waals surface area (Å²) in [4.78, 5) is 11.7. The topological polar surface area (TPSA) is 26.3 Å². The van der Waals surface area contributed by atoms with Gasteiger partial charge in [-0.25, -0.2) is 4.79 Å². The first-order valence-electron chi connectivity index (χ1n) is 5.33. The molecule has 4 heteroatoms. The summed E-state index contributed by atoms with van der Waals surface area (Å²) in [7, 11) is 0. The van der Waals surface area contributed by atoms with E-state index in [2.05, 4.69) is 0 Å². The number of benzene rings is 1. The zero-order valence-electron chi connectivity index (χ0n) is 9.32. The van der Waals surface area contributed by atoms with Gasteiger partial charge in [-0.1, -0.05) is 41.9 Å². The van der Waals surface area contributed by atoms with Crippen LogP contribution < -0.4 is 0 Å². The number of halogens is 2. The molecule has 1 aliphatic heterocycles. The normalized spacial score (nSPS) is 26.9. The molecule has 17 heavy (non-hydrogen) atoms. The molecule has 0 amide bonds. The van der Waals surface area contributed by atoms with Gasteiger partial charge in [0.15, 0.2) is 0 Å². The van der Waals surface area contributed by atoms with Crippen molar-refractivity contribution < 1.29 is 9.53 Å². The van der Waals surface area contributed by atoms with Crippen molar-refractivity contribution in [2.45, 2.75) is 13.0 Å². The van der Waals surface area contributed by atoms with Crippen LogP contribution in [-0.2, 0) is 9.53 Å². The van der Waals surface area contributed by atoms with E-state index in [0.717, 1.165) is 5.56 Å². The molecule has 0 saturated carbocycles. The summed E-state index contributed by atoms with van der Waals surface area (Å²) >= 11 is 11.9. The zero-order valence-corrected chi connectivity index (χ0v) is 10.8. The van der Waals surface area contributed by atoms with Crippen LogP contribution in [0.2, 0.25) is 0 Å². The molecule has 0 N–H and O–H groups in total. The Balaban J connectivity index is 2.39. The Morgan fingerprint density at radius 3 is 2.53 bits per heavy atom. The third-order valence-electron chi connectivity index (χ3n) is 2.86. The number of esters is 1. The van der Waals surface area contributed by atoms with Gasteiger partial charge in [-0.2, -0.15) is 0 Å². The minimum Gasteiger partial charge on any atom is -0.453 e. The lowest BCUT2D eigenvalue weighted by atomic mass is 9.93. The van der Waals surface area contributed by atoms with E-state index in [4.69, 9.17) is 27.9 Å². The minimum atomic E-state index is -0.364. The molecule has 0 unspecified atom stereocenters. The van der Waals surface area contributed by atoms with Gasteiger partial charge in [0, 0.05) is 16.8 Å². The number of carbonyl (C=O) groups excluding carboxylic acids is 1. The molecule has 0 bridgehead atoms. The quantitative estimate of drug-likeness (QED) is 0.466. The van der Waals surface area contributed by atoms with Gasteiger partial charge in [-0.15, -0.1) is 11.6 Å². The molecule has 90 valence electrons. The molecule has 1 aromatic carbocycles. The standard InChI is InChI=1S/C13H12Cl2O2/c1-8(15)11-10(7-14)12(17-13(11)16)9-5-3-2-4-6-9/h2-6,10,12H,7H2,1H3/b11-8-/t10-,12-/m1/s1. The summed E-state index contributed by atoms with van der Waals surface area (Å²) in [6.45, 7) is 1.69. The van der Waals surface area contributed by atoms with Crippen molar-refractivity contribution in [3.63, 3.8) is 0 Å². The van der Waals surface area contributed by atoms with Crippen LogP contribution >= 0.6 is 23.2 Å². The highest BCUT2D eigenvalue weighted by Gasteiger charge is 2.41. The van der Waals surface area contributed by atoms with Crippen LogP contribution in [0.5, 0.6) is 0 Å². The van der Waals surface area contributed by atoms with Crippen molar-refractivity contribution >= 4 is 29.2 Å². The fourth-order valence-corrected chi connectivity index (χ4v) is 2.59. The third-order valence-corrected chi connectivity index (χ3v) is 3.39. The summed E-state index contributed by atoms with van der Waals surface area (Å²) < 4.78 is 5.36. The van der Waals surface area contributed by atoms with Crippen molar-refractivity contribution in [2.75, 3.05) is 5.88 Å². The molecule has 0 radical (unpaired) electrons. The van der Waals surface area contributed by atoms with Crippen molar-refractivity contribution in [3.8, 4) is 0 Å². The van der Waals surface area contributed by atoms with E-state index in [1.165, 1.54) is 0 Å². The molecular weight excluding hydrogens is 259 g/mol. The first kappa shape index (κ1) is 12.5. The van der Waals surface area contributed by atoms with Gasteiger partial charge < -0.3 is 4.74 Å². The predicted molar refractivity (Wildman–Crippen MR) is 68.0 cm³/mol. The maximum absolute atomic E-state index is 11.7. The van der Waals surface area contributed by atoms with Crippen LogP contribution in [0.15, 0.2) is 40.9 Å². The van der Waals surface area contributed by atoms with Gasteiger partial charge in [0.05, 0.1) is 5.57 Å². The number of cyclic esters (lactones) is 1. The second-order valence-electron chi connectivity index (χ2n) is 3.94. The number of carbonyl (C=O) groups is 1. The van der Waals surface area contributed by atoms with E-state index in [1.54, 1.807) is 6.92 Å². The van der Waals surface area contributed by atoms with Gasteiger partial charge in [0.1, 0.15) is 6.10 Å². The number of allylic oxidation sites excluding steroid dienone is 1. The smallest absolute Gasteiger partial charge is 0.336 e. The average molecular weight is 271 g/mol. The molecule has 0 aromatic heterocycles. The van der Waals surface area contributed by atoms with Crippen LogP contribution in [0.25, 0.3) is 0 Å². The molecular formula is C13H12Cl2O2. The second kappa shape index (κ2) is 5.11. The SMILES string of the molecule is C/C(Cl)=C1/C(=O)O[C@H](c2ccccc2)[C@@H]1CCl. The summed E-state index contributed by atoms with van der Waals surface area (Å²) in [6, 6.07) is 9.57. The summed E-state index contributed by atoms with van der Waals surface area (Å²) in [6.07, 6.45) is -0.329. The number of hydrogen-bond donors (Lipinski definition) is 0. The van der Waals surface area contributed by atoms with Crippen LogP contribution in [0.3, 0.4) is 0 Å². The maximum Gasteiger partial charge on any atom is 0.336 e. The van der Waals surface area contributed by atoms with E-state index in [0.29, 0.717) is 16.5 Å². The van der Waals surface area contributed by atoms with Crippen molar-refractivity contribution in [2.24, 2.45) is 5.92 Å². The largest absolute Gasteiger partial charge is 0.453 e. The molecule has 1 aliphatic rings. The molecule has 0 spiro atoms. The van der Waals surface area contributed by atoms with Gasteiger partial charge in [0.25, 0.3) is 0 Å². The summed E-state index contributed by atoms with van der Waals surface area (Å²) in [5, 5.41) is 0.457. The Hall–Kier alpha value is -0.990. The van der Waals surface area contributed by atoms with Crippen molar-refractivity contribution in [1.82, 2.24) is 0 Å². The Morgan fingerprint density at radius 1 is 1.35 bits per heavy atom. The Morgan fingerprint density at radius 2 is 2.00 bits per heavy atom. The van der Waals surface area contributed by atoms with E-state index < -0.39 is 0 Å². The maximum atomic E-state index is 11.7. The molecule has 2 nitrogen and oxygen atoms in total. The monoisotopic (exact) mass is 270 g/mol. The Bertz CT molecular complexity index is 450. The lowest BCUT2D eigenvalue weighted by molar-refractivity contribution is -0.139. The third kappa shape index (κ3) is 2.33. The van der Waals surface area contributed by atoms with Crippen LogP contribution in [0.4, 0.5) is 0 Å². The molecule has 2 rings (SSSR count). The molecule has 1 saturated heterocycles. The summed E-state index contributed by atoms with van der Waals surface area (Å²) in [5.41, 5.74) is 1.44. The predicted octanol–water partition coefficient (Wildman–Crippen LogP) is 3.65. The van der Waals surface area contributed by atoms with Crippen molar-refractivity contribution in [3.05, 3.63) is 46.5 Å². The van der Waals surface area contributed by atoms with E-state index in [-0.39, 0.29) is 18.0 Å². The molecule has 1 heterocycles. The zero-order chi connectivity index (χ0) is 12.4. The Kier molecular flexibility index (Phi) is 3.75. The number of alkyl halides is 1. The van der Waals surface area contributed by atoms with Gasteiger partial charge in [-0.3, -0.25) is 0 Å². The highest BCUT2D eigenvalue weighted by Crippen LogP contribution is 2.41. The van der Waals surface area contributed by atoms with Gasteiger partial charge in [0.2, 0.25) is 0 Å². The lowest BCUT2D eigenvalue weighted by Crippen LogP contribution is -2.11. The Labute approximate surface area is 110 Å². The fourth-order valence-electron chi connectivity index (χ4n) is 2.06. The lowest BCUT2D eigenvalue weighted by Gasteiger charge is -2.15. The minimum absolute atomic E-state index is 0.177. The van der Waals surface area contributed by atoms with Gasteiger partial charge >= 0.3 is 5.97 Å². The average Bonchev–Trinajstić information content (AvgIpc) is 2.67. The van der Waals surface area contributed by atoms with Crippen LogP contribution in [0, 0.1) is 5.92 Å². The molecule has 0 aliphatic carbocycles. The number of hydrogen-bond acceptors (Lipinski definition) is 2. The van der Waals surface area contributed by atoms with Crippen LogP contribution in [-0.4, -0.2) is 11.8 Å². The first-order chi connectivity index (χ1) is 8.15. The summed E-state index contributed by atoms with van der Waals surface area (Å²) in [5.74, 6) is -0.230. The number of ether oxygens (including phenoxy) is 1. The molecule has 1 fully saturated rings. The van der Waals surface area contributed by atoms with E-state index >= 15 is 0 Å². The molecule has 2 atom stereocenters. The van der Waals surface area contributed by atoms with Crippen LogP contribution in [0.1, 0.15) is 18.6 Å². The van der Waals surface area contributed by atoms with Crippen molar-refractivity contribution in [1.29, 1.82) is 0 Å². The highest BCUT2D eigenvalue weighted by atomic mass is 35.5. The van der Waals surface area contributed by atoms with E-state index in [1.807, 2.05) is 30.3 Å².